The van der Waals surface area contributed by atoms with Gasteiger partial charge in [-0.3, -0.25) is 20.0 Å². The Balaban J connectivity index is 1.52. The molecule has 1 aliphatic carbocycles. The zero-order valence-electron chi connectivity index (χ0n) is 15.2. The summed E-state index contributed by atoms with van der Waals surface area (Å²) in [5.74, 6) is -1.07. The molecule has 3 heterocycles. The summed E-state index contributed by atoms with van der Waals surface area (Å²) in [7, 11) is 0. The lowest BCUT2D eigenvalue weighted by molar-refractivity contribution is -0.203. The first-order chi connectivity index (χ1) is 12.9. The van der Waals surface area contributed by atoms with Gasteiger partial charge in [0.05, 0.1) is 5.92 Å². The number of carbonyl (C=O) groups is 1. The highest BCUT2D eigenvalue weighted by atomic mass is 16.8. The van der Waals surface area contributed by atoms with Gasteiger partial charge in [0.25, 0.3) is 0 Å². The van der Waals surface area contributed by atoms with Crippen molar-refractivity contribution >= 4 is 11.8 Å². The lowest BCUT2D eigenvalue weighted by Crippen LogP contribution is -2.35. The van der Waals surface area contributed by atoms with Gasteiger partial charge in [-0.25, -0.2) is 4.79 Å². The van der Waals surface area contributed by atoms with Gasteiger partial charge in [-0.15, -0.1) is 0 Å². The van der Waals surface area contributed by atoms with E-state index in [1.807, 2.05) is 5.48 Å². The average Bonchev–Trinajstić information content (AvgIpc) is 3.04. The van der Waals surface area contributed by atoms with Crippen LogP contribution in [0.1, 0.15) is 39.3 Å². The van der Waals surface area contributed by atoms with E-state index >= 15 is 0 Å². The summed E-state index contributed by atoms with van der Waals surface area (Å²) in [6.07, 6.45) is 1.83. The third-order valence-electron chi connectivity index (χ3n) is 5.17. The zero-order valence-corrected chi connectivity index (χ0v) is 15.2. The van der Waals surface area contributed by atoms with E-state index < -0.39 is 36.0 Å². The summed E-state index contributed by atoms with van der Waals surface area (Å²) in [4.78, 5) is 28.0. The van der Waals surface area contributed by atoms with Crippen molar-refractivity contribution in [2.75, 3.05) is 12.1 Å². The molecule has 0 aromatic carbocycles. The molecule has 2 saturated heterocycles. The molecular formula is C17H23N3O7. The summed E-state index contributed by atoms with van der Waals surface area (Å²) < 4.78 is 24.5. The predicted octanol–water partition coefficient (Wildman–Crippen LogP) is 0.805. The van der Waals surface area contributed by atoms with E-state index in [9.17, 15) is 9.59 Å². The second-order valence-electron chi connectivity index (χ2n) is 7.50. The third kappa shape index (κ3) is 3.45. The van der Waals surface area contributed by atoms with E-state index in [2.05, 4.69) is 4.98 Å². The highest BCUT2D eigenvalue weighted by Crippen LogP contribution is 2.42. The molecule has 27 heavy (non-hydrogen) atoms. The summed E-state index contributed by atoms with van der Waals surface area (Å²) in [6, 6.07) is 1.44. The molecule has 0 spiro atoms. The number of carbonyl (C=O) groups excluding carboxylic acids is 1. The molecule has 1 aromatic heterocycles. The first-order valence-electron chi connectivity index (χ1n) is 9.05. The monoisotopic (exact) mass is 381 g/mol. The van der Waals surface area contributed by atoms with E-state index in [0.717, 1.165) is 19.3 Å². The molecular weight excluding hydrogens is 358 g/mol. The molecule has 4 atom stereocenters. The van der Waals surface area contributed by atoms with Crippen LogP contribution in [0.25, 0.3) is 0 Å². The fourth-order valence-corrected chi connectivity index (χ4v) is 3.61. The van der Waals surface area contributed by atoms with Crippen LogP contribution in [0.3, 0.4) is 0 Å². The van der Waals surface area contributed by atoms with Gasteiger partial charge in [-0.1, -0.05) is 6.42 Å². The maximum Gasteiger partial charge on any atom is 0.351 e. The molecule has 148 valence electrons. The Bertz CT molecular complexity index is 776. The molecule has 2 N–H and O–H groups in total. The van der Waals surface area contributed by atoms with E-state index in [4.69, 9.17) is 24.2 Å². The zero-order chi connectivity index (χ0) is 19.2. The number of rotatable bonds is 5. The number of hydrogen-bond donors (Lipinski definition) is 2. The average molecular weight is 381 g/mol. The van der Waals surface area contributed by atoms with Crippen LogP contribution >= 0.6 is 0 Å². The SMILES string of the molecule is CC1(C)O[C@@H]2[C@H](O1)[C@@H](COC(=O)C1CCC1)O[C@H]2n1ccc(NO)nc1=O. The minimum atomic E-state index is -0.850. The molecule has 3 fully saturated rings. The molecule has 0 bridgehead atoms. The van der Waals surface area contributed by atoms with Gasteiger partial charge in [-0.05, 0) is 32.8 Å². The van der Waals surface area contributed by atoms with Crippen LogP contribution < -0.4 is 11.2 Å². The normalized spacial score (nSPS) is 32.0. The minimum Gasteiger partial charge on any atom is -0.463 e. The molecule has 10 heteroatoms. The Morgan fingerprint density at radius 2 is 2.15 bits per heavy atom. The van der Waals surface area contributed by atoms with E-state index in [-0.39, 0.29) is 24.3 Å². The van der Waals surface area contributed by atoms with Gasteiger partial charge in [0.1, 0.15) is 24.9 Å². The number of hydrogen-bond acceptors (Lipinski definition) is 9. The number of aromatic nitrogens is 2. The van der Waals surface area contributed by atoms with Crippen molar-refractivity contribution in [3.05, 3.63) is 22.7 Å². The molecule has 1 saturated carbocycles. The van der Waals surface area contributed by atoms with Crippen LogP contribution in [0.2, 0.25) is 0 Å². The molecule has 3 aliphatic rings. The van der Waals surface area contributed by atoms with Crippen molar-refractivity contribution in [1.82, 2.24) is 9.55 Å². The number of anilines is 1. The van der Waals surface area contributed by atoms with Crippen LogP contribution in [-0.2, 0) is 23.7 Å². The number of esters is 1. The minimum absolute atomic E-state index is 0.0273. The van der Waals surface area contributed by atoms with Crippen LogP contribution in [0.4, 0.5) is 5.82 Å². The summed E-state index contributed by atoms with van der Waals surface area (Å²) in [6.45, 7) is 3.59. The van der Waals surface area contributed by atoms with Crippen LogP contribution in [0.5, 0.6) is 0 Å². The number of nitrogens with zero attached hydrogens (tertiary/aromatic N) is 2. The van der Waals surface area contributed by atoms with Crippen molar-refractivity contribution in [3.63, 3.8) is 0 Å². The fraction of sp³-hybridized carbons (Fsp3) is 0.706. The van der Waals surface area contributed by atoms with Gasteiger partial charge in [0.2, 0.25) is 0 Å². The third-order valence-corrected chi connectivity index (χ3v) is 5.17. The number of ether oxygens (including phenoxy) is 4. The molecule has 4 rings (SSSR count). The topological polar surface area (TPSA) is 121 Å². The smallest absolute Gasteiger partial charge is 0.351 e. The van der Waals surface area contributed by atoms with Gasteiger partial charge in [0, 0.05) is 6.20 Å². The summed E-state index contributed by atoms with van der Waals surface area (Å²) >= 11 is 0. The summed E-state index contributed by atoms with van der Waals surface area (Å²) in [5.41, 5.74) is 1.22. The van der Waals surface area contributed by atoms with E-state index in [0.29, 0.717) is 0 Å². The Hall–Kier alpha value is -2.01. The molecule has 0 radical (unpaired) electrons. The molecule has 10 nitrogen and oxygen atoms in total. The first-order valence-corrected chi connectivity index (χ1v) is 9.05. The Kier molecular flexibility index (Phi) is 4.66. The maximum absolute atomic E-state index is 12.3. The van der Waals surface area contributed by atoms with Gasteiger partial charge >= 0.3 is 11.7 Å². The first kappa shape index (κ1) is 18.4. The van der Waals surface area contributed by atoms with Crippen molar-refractivity contribution in [1.29, 1.82) is 0 Å². The van der Waals surface area contributed by atoms with Crippen LogP contribution in [0.15, 0.2) is 17.1 Å². The van der Waals surface area contributed by atoms with Crippen LogP contribution in [0, 0.1) is 5.92 Å². The quantitative estimate of drug-likeness (QED) is 0.563. The Morgan fingerprint density at radius 3 is 2.78 bits per heavy atom. The van der Waals surface area contributed by atoms with Crippen molar-refractivity contribution in [2.24, 2.45) is 5.92 Å². The van der Waals surface area contributed by atoms with Gasteiger partial charge < -0.3 is 18.9 Å². The molecule has 0 unspecified atom stereocenters. The van der Waals surface area contributed by atoms with E-state index in [1.54, 1.807) is 13.8 Å². The highest BCUT2D eigenvalue weighted by Gasteiger charge is 2.56. The Morgan fingerprint density at radius 1 is 1.41 bits per heavy atom. The molecule has 1 aromatic rings. The largest absolute Gasteiger partial charge is 0.463 e. The summed E-state index contributed by atoms with van der Waals surface area (Å²) in [5, 5.41) is 8.89. The van der Waals surface area contributed by atoms with Crippen LogP contribution in [-0.4, -0.2) is 51.4 Å². The van der Waals surface area contributed by atoms with E-state index in [1.165, 1.54) is 16.8 Å². The predicted molar refractivity (Wildman–Crippen MR) is 89.9 cm³/mol. The maximum atomic E-state index is 12.3. The lowest BCUT2D eigenvalue weighted by atomic mass is 9.86. The number of fused-ring (bicyclic) bond motifs is 1. The number of nitrogens with one attached hydrogen (secondary N) is 1. The lowest BCUT2D eigenvalue weighted by Gasteiger charge is -2.26. The molecule has 2 aliphatic heterocycles. The van der Waals surface area contributed by atoms with Gasteiger partial charge in [0.15, 0.2) is 17.8 Å². The second-order valence-corrected chi connectivity index (χ2v) is 7.50. The molecule has 0 amide bonds. The van der Waals surface area contributed by atoms with Crippen molar-refractivity contribution in [2.45, 2.75) is 63.4 Å². The highest BCUT2D eigenvalue weighted by molar-refractivity contribution is 5.73. The van der Waals surface area contributed by atoms with Crippen molar-refractivity contribution < 1.29 is 28.9 Å². The second kappa shape index (κ2) is 6.86. The fourth-order valence-electron chi connectivity index (χ4n) is 3.61. The Labute approximate surface area is 155 Å². The standard InChI is InChI=1S/C17H23N3O7/c1-17(2)26-12-10(8-24-15(21)9-4-3-5-9)25-14(13(12)27-17)20-7-6-11(19-23)18-16(20)22/h6-7,9-10,12-14,23H,3-5,8H2,1-2H3,(H,18,19,22)/t10-,12-,13-,14-/m1/s1. The van der Waals surface area contributed by atoms with Gasteiger partial charge in [-0.2, -0.15) is 4.98 Å². The van der Waals surface area contributed by atoms with Crippen molar-refractivity contribution in [3.8, 4) is 0 Å².